The van der Waals surface area contributed by atoms with Crippen LogP contribution in [0.15, 0.2) is 18.2 Å². The van der Waals surface area contributed by atoms with E-state index in [1.165, 1.54) is 11.3 Å². The predicted octanol–water partition coefficient (Wildman–Crippen LogP) is 3.45. The van der Waals surface area contributed by atoms with Crippen LogP contribution in [0.2, 0.25) is 5.02 Å². The summed E-state index contributed by atoms with van der Waals surface area (Å²) in [5.74, 6) is 0. The van der Waals surface area contributed by atoms with Gasteiger partial charge in [0.1, 0.15) is 0 Å². The number of rotatable bonds is 6. The van der Waals surface area contributed by atoms with E-state index in [9.17, 15) is 0 Å². The normalized spacial score (nSPS) is 10.8. The standard InChI is InChI=1S/C13H21ClN2/c1-10(2)15-7-4-8-16-13-6-5-12(14)9-11(13)3/h5-6,9-10,15-16H,4,7-8H2,1-3H3. The SMILES string of the molecule is Cc1cc(Cl)ccc1NCCCNC(C)C. The van der Waals surface area contributed by atoms with Crippen LogP contribution in [0.1, 0.15) is 25.8 Å². The summed E-state index contributed by atoms with van der Waals surface area (Å²) in [5.41, 5.74) is 2.37. The van der Waals surface area contributed by atoms with Gasteiger partial charge in [0.25, 0.3) is 0 Å². The van der Waals surface area contributed by atoms with Crippen molar-refractivity contribution in [3.8, 4) is 0 Å². The first kappa shape index (κ1) is 13.3. The van der Waals surface area contributed by atoms with Gasteiger partial charge >= 0.3 is 0 Å². The van der Waals surface area contributed by atoms with Gasteiger partial charge in [-0.3, -0.25) is 0 Å². The topological polar surface area (TPSA) is 24.1 Å². The van der Waals surface area contributed by atoms with Gasteiger partial charge in [-0.2, -0.15) is 0 Å². The molecule has 1 rings (SSSR count). The van der Waals surface area contributed by atoms with Gasteiger partial charge in [-0.1, -0.05) is 25.4 Å². The molecule has 0 aromatic heterocycles. The number of anilines is 1. The Morgan fingerprint density at radius 3 is 2.62 bits per heavy atom. The van der Waals surface area contributed by atoms with Crippen molar-refractivity contribution in [2.24, 2.45) is 0 Å². The summed E-state index contributed by atoms with van der Waals surface area (Å²) < 4.78 is 0. The van der Waals surface area contributed by atoms with Gasteiger partial charge in [-0.15, -0.1) is 0 Å². The summed E-state index contributed by atoms with van der Waals surface area (Å²) >= 11 is 5.90. The zero-order chi connectivity index (χ0) is 12.0. The molecule has 0 heterocycles. The van der Waals surface area contributed by atoms with Crippen LogP contribution in [0.5, 0.6) is 0 Å². The van der Waals surface area contributed by atoms with Crippen LogP contribution in [0.25, 0.3) is 0 Å². The Balaban J connectivity index is 2.27. The lowest BCUT2D eigenvalue weighted by atomic mass is 10.2. The summed E-state index contributed by atoms with van der Waals surface area (Å²) in [6, 6.07) is 6.50. The van der Waals surface area contributed by atoms with E-state index in [1.54, 1.807) is 0 Å². The van der Waals surface area contributed by atoms with Crippen LogP contribution in [0.3, 0.4) is 0 Å². The molecule has 16 heavy (non-hydrogen) atoms. The van der Waals surface area contributed by atoms with Crippen molar-refractivity contribution >= 4 is 17.3 Å². The molecule has 3 heteroatoms. The Hall–Kier alpha value is -0.730. The van der Waals surface area contributed by atoms with E-state index in [4.69, 9.17) is 11.6 Å². The smallest absolute Gasteiger partial charge is 0.0410 e. The molecule has 0 saturated carbocycles. The second kappa shape index (κ2) is 6.77. The number of aryl methyl sites for hydroxylation is 1. The molecule has 0 saturated heterocycles. The first-order chi connectivity index (χ1) is 7.59. The lowest BCUT2D eigenvalue weighted by Crippen LogP contribution is -2.25. The van der Waals surface area contributed by atoms with Gasteiger partial charge in [0, 0.05) is 23.3 Å². The highest BCUT2D eigenvalue weighted by Gasteiger charge is 1.98. The molecule has 0 aliphatic rings. The first-order valence-corrected chi connectivity index (χ1v) is 6.21. The first-order valence-electron chi connectivity index (χ1n) is 5.83. The van der Waals surface area contributed by atoms with Gasteiger partial charge in [0.15, 0.2) is 0 Å². The van der Waals surface area contributed by atoms with Gasteiger partial charge in [-0.05, 0) is 43.7 Å². The van der Waals surface area contributed by atoms with Crippen LogP contribution in [0.4, 0.5) is 5.69 Å². The Bertz CT molecular complexity index is 324. The number of benzene rings is 1. The molecule has 0 fully saturated rings. The zero-order valence-electron chi connectivity index (χ0n) is 10.3. The number of hydrogen-bond acceptors (Lipinski definition) is 2. The summed E-state index contributed by atoms with van der Waals surface area (Å²) in [7, 11) is 0. The molecule has 0 aliphatic heterocycles. The fourth-order valence-electron chi connectivity index (χ4n) is 1.53. The van der Waals surface area contributed by atoms with E-state index < -0.39 is 0 Å². The minimum atomic E-state index is 0.567. The third-order valence-electron chi connectivity index (χ3n) is 2.41. The molecule has 2 N–H and O–H groups in total. The van der Waals surface area contributed by atoms with E-state index in [-0.39, 0.29) is 0 Å². The minimum Gasteiger partial charge on any atom is -0.385 e. The average Bonchev–Trinajstić information content (AvgIpc) is 2.20. The second-order valence-electron chi connectivity index (χ2n) is 4.35. The van der Waals surface area contributed by atoms with Crippen molar-refractivity contribution < 1.29 is 0 Å². The Morgan fingerprint density at radius 2 is 2.00 bits per heavy atom. The maximum absolute atomic E-state index is 5.90. The summed E-state index contributed by atoms with van der Waals surface area (Å²) in [6.07, 6.45) is 1.13. The highest BCUT2D eigenvalue weighted by atomic mass is 35.5. The molecule has 0 amide bonds. The summed E-state index contributed by atoms with van der Waals surface area (Å²) in [6.45, 7) is 8.44. The number of nitrogens with one attached hydrogen (secondary N) is 2. The summed E-state index contributed by atoms with van der Waals surface area (Å²) in [4.78, 5) is 0. The third-order valence-corrected chi connectivity index (χ3v) is 2.65. The zero-order valence-corrected chi connectivity index (χ0v) is 11.1. The molecular weight excluding hydrogens is 220 g/mol. The highest BCUT2D eigenvalue weighted by Crippen LogP contribution is 2.19. The molecule has 0 atom stereocenters. The second-order valence-corrected chi connectivity index (χ2v) is 4.78. The molecule has 0 radical (unpaired) electrons. The van der Waals surface area contributed by atoms with Crippen molar-refractivity contribution in [2.75, 3.05) is 18.4 Å². The van der Waals surface area contributed by atoms with E-state index in [1.807, 2.05) is 18.2 Å². The Kier molecular flexibility index (Phi) is 5.64. The molecule has 0 aliphatic carbocycles. The fraction of sp³-hybridized carbons (Fsp3) is 0.538. The molecule has 0 unspecified atom stereocenters. The van der Waals surface area contributed by atoms with Gasteiger partial charge < -0.3 is 10.6 Å². The predicted molar refractivity (Wildman–Crippen MR) is 72.4 cm³/mol. The highest BCUT2D eigenvalue weighted by molar-refractivity contribution is 6.30. The van der Waals surface area contributed by atoms with Gasteiger partial charge in [0.2, 0.25) is 0 Å². The number of halogens is 1. The molecule has 1 aromatic carbocycles. The van der Waals surface area contributed by atoms with E-state index >= 15 is 0 Å². The lowest BCUT2D eigenvalue weighted by Gasteiger charge is -2.11. The fourth-order valence-corrected chi connectivity index (χ4v) is 1.75. The van der Waals surface area contributed by atoms with Crippen molar-refractivity contribution in [3.05, 3.63) is 28.8 Å². The van der Waals surface area contributed by atoms with Crippen LogP contribution in [0, 0.1) is 6.92 Å². The minimum absolute atomic E-state index is 0.567. The molecule has 90 valence electrons. The monoisotopic (exact) mass is 240 g/mol. The summed E-state index contributed by atoms with van der Waals surface area (Å²) in [5, 5.41) is 7.61. The maximum atomic E-state index is 5.90. The largest absolute Gasteiger partial charge is 0.385 e. The van der Waals surface area contributed by atoms with E-state index in [2.05, 4.69) is 31.4 Å². The van der Waals surface area contributed by atoms with Crippen LogP contribution in [-0.2, 0) is 0 Å². The molecular formula is C13H21ClN2. The van der Waals surface area contributed by atoms with Crippen LogP contribution >= 0.6 is 11.6 Å². The van der Waals surface area contributed by atoms with E-state index in [0.29, 0.717) is 6.04 Å². The third kappa shape index (κ3) is 4.86. The molecule has 0 bridgehead atoms. The van der Waals surface area contributed by atoms with Crippen LogP contribution < -0.4 is 10.6 Å². The van der Waals surface area contributed by atoms with Crippen molar-refractivity contribution in [1.29, 1.82) is 0 Å². The lowest BCUT2D eigenvalue weighted by molar-refractivity contribution is 0.578. The van der Waals surface area contributed by atoms with Crippen molar-refractivity contribution in [2.45, 2.75) is 33.2 Å². The van der Waals surface area contributed by atoms with Crippen molar-refractivity contribution in [3.63, 3.8) is 0 Å². The Morgan fingerprint density at radius 1 is 1.25 bits per heavy atom. The molecule has 0 spiro atoms. The van der Waals surface area contributed by atoms with Gasteiger partial charge in [0.05, 0.1) is 0 Å². The van der Waals surface area contributed by atoms with Crippen molar-refractivity contribution in [1.82, 2.24) is 5.32 Å². The van der Waals surface area contributed by atoms with Crippen LogP contribution in [-0.4, -0.2) is 19.1 Å². The average molecular weight is 241 g/mol. The molecule has 1 aromatic rings. The van der Waals surface area contributed by atoms with E-state index in [0.717, 1.165) is 24.5 Å². The van der Waals surface area contributed by atoms with Gasteiger partial charge in [-0.25, -0.2) is 0 Å². The Labute approximate surface area is 103 Å². The molecule has 2 nitrogen and oxygen atoms in total. The maximum Gasteiger partial charge on any atom is 0.0410 e. The number of hydrogen-bond donors (Lipinski definition) is 2. The quantitative estimate of drug-likeness (QED) is 0.745.